The molecule has 0 saturated carbocycles. The van der Waals surface area contributed by atoms with Crippen LogP contribution in [0, 0.1) is 0 Å². The Labute approximate surface area is 203 Å². The highest BCUT2D eigenvalue weighted by Crippen LogP contribution is 2.30. The number of halogens is 4. The first-order valence-electron chi connectivity index (χ1n) is 10.2. The Kier molecular flexibility index (Phi) is 11.2. The van der Waals surface area contributed by atoms with Crippen LogP contribution >= 0.6 is 24.0 Å². The summed E-state index contributed by atoms with van der Waals surface area (Å²) in [5.41, 5.74) is 0.0828. The molecule has 1 aliphatic heterocycles. The molecule has 2 N–H and O–H groups in total. The minimum Gasteiger partial charge on any atom is -0.355 e. The van der Waals surface area contributed by atoms with E-state index in [-0.39, 0.29) is 34.8 Å². The van der Waals surface area contributed by atoms with Gasteiger partial charge in [0.05, 0.1) is 5.56 Å². The fraction of sp³-hybridized carbons (Fsp3) is 0.667. The molecule has 0 spiro atoms. The summed E-state index contributed by atoms with van der Waals surface area (Å²) in [7, 11) is 0.791. The van der Waals surface area contributed by atoms with E-state index in [9.17, 15) is 17.4 Å². The zero-order valence-corrected chi connectivity index (χ0v) is 21.7. The minimum atomic E-state index is -4.31. The Morgan fingerprint density at radius 1 is 1.23 bits per heavy atom. The molecule has 1 heterocycles. The molecule has 1 unspecified atom stereocenters. The number of hydrogen-bond acceptors (Lipinski definition) is 3. The van der Waals surface area contributed by atoms with Crippen molar-refractivity contribution < 1.29 is 17.4 Å². The summed E-state index contributed by atoms with van der Waals surface area (Å²) in [6.45, 7) is 8.59. The molecular formula is C21H34F3IN4OS. The van der Waals surface area contributed by atoms with Crippen LogP contribution in [0.2, 0.25) is 0 Å². The number of rotatable bonds is 6. The first kappa shape index (κ1) is 28.2. The number of hydrogen-bond donors (Lipinski definition) is 2. The van der Waals surface area contributed by atoms with E-state index in [1.807, 2.05) is 20.8 Å². The number of aliphatic imine (C=N–C) groups is 1. The van der Waals surface area contributed by atoms with Gasteiger partial charge in [-0.1, -0.05) is 18.2 Å². The van der Waals surface area contributed by atoms with Gasteiger partial charge in [-0.2, -0.15) is 13.2 Å². The SMILES string of the molecule is CN=C(NCCS(=O)C(C)(C)C)NC1CCN(Cc2cccc(C(F)(F)F)c2)CC1.I. The van der Waals surface area contributed by atoms with Crippen LogP contribution in [0.5, 0.6) is 0 Å². The summed E-state index contributed by atoms with van der Waals surface area (Å²) in [6.07, 6.45) is -2.55. The Morgan fingerprint density at radius 2 is 1.87 bits per heavy atom. The normalized spacial score (nSPS) is 17.7. The molecule has 1 aliphatic rings. The van der Waals surface area contributed by atoms with Crippen molar-refractivity contribution in [2.24, 2.45) is 4.99 Å². The van der Waals surface area contributed by atoms with Gasteiger partial charge in [0.2, 0.25) is 0 Å². The lowest BCUT2D eigenvalue weighted by Gasteiger charge is -2.33. The number of piperidine rings is 1. The van der Waals surface area contributed by atoms with E-state index in [4.69, 9.17) is 0 Å². The predicted molar refractivity (Wildman–Crippen MR) is 132 cm³/mol. The van der Waals surface area contributed by atoms with Gasteiger partial charge < -0.3 is 10.6 Å². The molecule has 1 aromatic carbocycles. The van der Waals surface area contributed by atoms with E-state index >= 15 is 0 Å². The highest BCUT2D eigenvalue weighted by Gasteiger charge is 2.30. The van der Waals surface area contributed by atoms with E-state index in [1.165, 1.54) is 12.1 Å². The van der Waals surface area contributed by atoms with Crippen molar-refractivity contribution in [1.29, 1.82) is 0 Å². The summed E-state index contributed by atoms with van der Waals surface area (Å²) in [5, 5.41) is 6.61. The highest BCUT2D eigenvalue weighted by molar-refractivity contribution is 14.0. The van der Waals surface area contributed by atoms with Crippen molar-refractivity contribution in [3.8, 4) is 0 Å². The van der Waals surface area contributed by atoms with Gasteiger partial charge in [0.1, 0.15) is 0 Å². The number of likely N-dealkylation sites (tertiary alicyclic amines) is 1. The lowest BCUT2D eigenvalue weighted by Crippen LogP contribution is -2.49. The van der Waals surface area contributed by atoms with Gasteiger partial charge in [0, 0.05) is 60.6 Å². The third kappa shape index (κ3) is 9.65. The van der Waals surface area contributed by atoms with Gasteiger partial charge in [-0.05, 0) is 45.2 Å². The van der Waals surface area contributed by atoms with E-state index < -0.39 is 22.5 Å². The van der Waals surface area contributed by atoms with E-state index in [0.29, 0.717) is 30.4 Å². The molecule has 0 amide bonds. The third-order valence-electron chi connectivity index (χ3n) is 5.08. The van der Waals surface area contributed by atoms with Crippen LogP contribution in [-0.2, 0) is 23.5 Å². The maximum absolute atomic E-state index is 12.9. The maximum Gasteiger partial charge on any atom is 0.416 e. The Hall–Kier alpha value is -0.880. The first-order chi connectivity index (χ1) is 14.0. The number of benzene rings is 1. The fourth-order valence-corrected chi connectivity index (χ4v) is 4.20. The molecule has 0 radical (unpaired) electrons. The molecule has 10 heteroatoms. The highest BCUT2D eigenvalue weighted by atomic mass is 127. The van der Waals surface area contributed by atoms with Crippen LogP contribution in [-0.4, -0.2) is 58.3 Å². The zero-order valence-electron chi connectivity index (χ0n) is 18.6. The molecule has 5 nitrogen and oxygen atoms in total. The molecule has 0 bridgehead atoms. The molecule has 1 atom stereocenters. The lowest BCUT2D eigenvalue weighted by atomic mass is 10.0. The van der Waals surface area contributed by atoms with Crippen molar-refractivity contribution in [3.63, 3.8) is 0 Å². The minimum absolute atomic E-state index is 0. The van der Waals surface area contributed by atoms with Crippen LogP contribution < -0.4 is 10.6 Å². The second-order valence-corrected chi connectivity index (χ2v) is 10.9. The smallest absolute Gasteiger partial charge is 0.355 e. The lowest BCUT2D eigenvalue weighted by molar-refractivity contribution is -0.137. The van der Waals surface area contributed by atoms with Crippen molar-refractivity contribution in [2.45, 2.75) is 57.1 Å². The largest absolute Gasteiger partial charge is 0.416 e. The average molecular weight is 574 g/mol. The molecule has 1 aromatic rings. The summed E-state index contributed by atoms with van der Waals surface area (Å²) in [5.74, 6) is 1.25. The van der Waals surface area contributed by atoms with Gasteiger partial charge in [0.25, 0.3) is 0 Å². The van der Waals surface area contributed by atoms with Gasteiger partial charge in [-0.3, -0.25) is 14.1 Å². The molecule has 0 aromatic heterocycles. The second kappa shape index (κ2) is 12.4. The Bertz CT molecular complexity index is 745. The van der Waals surface area contributed by atoms with Crippen LogP contribution in [0.25, 0.3) is 0 Å². The molecule has 178 valence electrons. The van der Waals surface area contributed by atoms with Crippen LogP contribution in [0.3, 0.4) is 0 Å². The van der Waals surface area contributed by atoms with E-state index in [2.05, 4.69) is 20.5 Å². The predicted octanol–water partition coefficient (Wildman–Crippen LogP) is 4.00. The first-order valence-corrected chi connectivity index (χ1v) is 11.5. The van der Waals surface area contributed by atoms with Gasteiger partial charge in [-0.25, -0.2) is 0 Å². The molecule has 1 saturated heterocycles. The number of guanidine groups is 1. The summed E-state index contributed by atoms with van der Waals surface area (Å²) >= 11 is 0. The number of alkyl halides is 3. The number of nitrogens with zero attached hydrogens (tertiary/aromatic N) is 2. The Morgan fingerprint density at radius 3 is 2.42 bits per heavy atom. The monoisotopic (exact) mass is 574 g/mol. The second-order valence-electron chi connectivity index (χ2n) is 8.55. The van der Waals surface area contributed by atoms with Gasteiger partial charge in [0.15, 0.2) is 5.96 Å². The molecule has 1 fully saturated rings. The Balaban J connectivity index is 0.00000480. The van der Waals surface area contributed by atoms with E-state index in [0.717, 1.165) is 32.0 Å². The van der Waals surface area contributed by atoms with Gasteiger partial charge >= 0.3 is 6.18 Å². The van der Waals surface area contributed by atoms with Crippen LogP contribution in [0.15, 0.2) is 29.3 Å². The summed E-state index contributed by atoms with van der Waals surface area (Å²) < 4.78 is 50.6. The summed E-state index contributed by atoms with van der Waals surface area (Å²) in [6, 6.07) is 5.80. The van der Waals surface area contributed by atoms with Gasteiger partial charge in [-0.15, -0.1) is 24.0 Å². The van der Waals surface area contributed by atoms with Crippen molar-refractivity contribution in [1.82, 2.24) is 15.5 Å². The third-order valence-corrected chi connectivity index (χ3v) is 7.02. The fourth-order valence-electron chi connectivity index (χ4n) is 3.30. The average Bonchev–Trinajstić information content (AvgIpc) is 2.67. The molecule has 2 rings (SSSR count). The molecule has 0 aliphatic carbocycles. The van der Waals surface area contributed by atoms with Crippen LogP contribution in [0.4, 0.5) is 13.2 Å². The van der Waals surface area contributed by atoms with Crippen LogP contribution in [0.1, 0.15) is 44.7 Å². The summed E-state index contributed by atoms with van der Waals surface area (Å²) in [4.78, 5) is 6.41. The van der Waals surface area contributed by atoms with Crippen molar-refractivity contribution in [2.75, 3.05) is 32.4 Å². The van der Waals surface area contributed by atoms with Crippen molar-refractivity contribution >= 4 is 40.7 Å². The maximum atomic E-state index is 12.9. The standard InChI is InChI=1S/C21H33F3N4OS.HI/c1-20(2,3)30(29)13-10-26-19(25-4)27-18-8-11-28(12-9-18)15-16-6-5-7-17(14-16)21(22,23)24;/h5-7,14,18H,8-13,15H2,1-4H3,(H2,25,26,27);1H. The van der Waals surface area contributed by atoms with Crippen molar-refractivity contribution in [3.05, 3.63) is 35.4 Å². The molecular weight excluding hydrogens is 540 g/mol. The molecule has 31 heavy (non-hydrogen) atoms. The number of nitrogens with one attached hydrogen (secondary N) is 2. The zero-order chi connectivity index (χ0) is 22.4. The quantitative estimate of drug-likeness (QED) is 0.307. The van der Waals surface area contributed by atoms with E-state index in [1.54, 1.807) is 13.1 Å². The topological polar surface area (TPSA) is 56.7 Å².